The highest BCUT2D eigenvalue weighted by Gasteiger charge is 2.12. The molecule has 2 heterocycles. The average molecular weight is 420 g/mol. The second kappa shape index (κ2) is 9.69. The molecule has 1 amide bonds. The van der Waals surface area contributed by atoms with Gasteiger partial charge >= 0.3 is 0 Å². The Morgan fingerprint density at radius 2 is 1.94 bits per heavy atom. The number of nitrogens with zero attached hydrogens (tertiary/aromatic N) is 2. The lowest BCUT2D eigenvalue weighted by molar-refractivity contribution is -0.116. The summed E-state index contributed by atoms with van der Waals surface area (Å²) in [5.74, 6) is 2.96. The fraction of sp³-hybridized carbons (Fsp3) is 0.360. The Hall–Kier alpha value is -3.28. The van der Waals surface area contributed by atoms with Crippen LogP contribution in [0.15, 0.2) is 54.9 Å². The summed E-state index contributed by atoms with van der Waals surface area (Å²) in [5, 5.41) is 3.02. The number of carbonyl (C=O) groups excluding carboxylic acids is 1. The quantitative estimate of drug-likeness (QED) is 0.598. The summed E-state index contributed by atoms with van der Waals surface area (Å²) < 4.78 is 13.6. The van der Waals surface area contributed by atoms with E-state index in [0.717, 1.165) is 47.1 Å². The first-order valence-electron chi connectivity index (χ1n) is 10.9. The van der Waals surface area contributed by atoms with Crippen molar-refractivity contribution in [2.75, 3.05) is 18.5 Å². The van der Waals surface area contributed by atoms with Crippen LogP contribution in [0.5, 0.6) is 11.5 Å². The van der Waals surface area contributed by atoms with Crippen molar-refractivity contribution in [3.63, 3.8) is 0 Å². The fourth-order valence-electron chi connectivity index (χ4n) is 3.74. The van der Waals surface area contributed by atoms with E-state index in [0.29, 0.717) is 32.0 Å². The molecule has 162 valence electrons. The van der Waals surface area contributed by atoms with Crippen LogP contribution >= 0.6 is 0 Å². The predicted octanol–water partition coefficient (Wildman–Crippen LogP) is 4.79. The van der Waals surface area contributed by atoms with E-state index in [2.05, 4.69) is 34.8 Å². The van der Waals surface area contributed by atoms with E-state index in [9.17, 15) is 4.79 Å². The van der Waals surface area contributed by atoms with Gasteiger partial charge in [0.25, 0.3) is 0 Å². The number of aromatic nitrogens is 2. The molecule has 6 heteroatoms. The molecule has 3 aromatic rings. The first kappa shape index (κ1) is 21.0. The molecular formula is C25H29N3O3. The van der Waals surface area contributed by atoms with Gasteiger partial charge in [-0.1, -0.05) is 32.0 Å². The van der Waals surface area contributed by atoms with Crippen LogP contribution in [0.3, 0.4) is 0 Å². The zero-order valence-electron chi connectivity index (χ0n) is 18.1. The highest BCUT2D eigenvalue weighted by molar-refractivity contribution is 5.90. The number of nitrogens with one attached hydrogen (secondary N) is 1. The fourth-order valence-corrected chi connectivity index (χ4v) is 3.74. The second-order valence-electron chi connectivity index (χ2n) is 8.15. The molecule has 0 radical (unpaired) electrons. The Morgan fingerprint density at radius 3 is 2.77 bits per heavy atom. The highest BCUT2D eigenvalue weighted by Crippen LogP contribution is 2.30. The van der Waals surface area contributed by atoms with Gasteiger partial charge in [-0.25, -0.2) is 4.98 Å². The lowest BCUT2D eigenvalue weighted by atomic mass is 10.1. The van der Waals surface area contributed by atoms with Gasteiger partial charge in [0.1, 0.15) is 5.82 Å². The topological polar surface area (TPSA) is 65.4 Å². The molecular weight excluding hydrogens is 390 g/mol. The number of hydrogen-bond acceptors (Lipinski definition) is 4. The standard InChI is InChI=1S/C25H29N3O3/c1-18(2)25-26-11-12-28(25)17-20-5-3-6-21(15-20)27-24(29)10-8-19-7-9-22-23(16-19)31-14-4-13-30-22/h3,5-7,9,11-12,15-16,18H,4,8,10,13-14,17H2,1-2H3,(H,27,29). The molecule has 1 aromatic heterocycles. The molecule has 2 aromatic carbocycles. The Kier molecular flexibility index (Phi) is 6.55. The molecule has 0 unspecified atom stereocenters. The lowest BCUT2D eigenvalue weighted by Crippen LogP contribution is -2.13. The van der Waals surface area contributed by atoms with Crippen LogP contribution in [0.1, 0.15) is 49.6 Å². The minimum absolute atomic E-state index is 0.00485. The maximum Gasteiger partial charge on any atom is 0.224 e. The molecule has 0 fully saturated rings. The van der Waals surface area contributed by atoms with Crippen LogP contribution in [-0.4, -0.2) is 28.7 Å². The zero-order chi connectivity index (χ0) is 21.6. The Morgan fingerprint density at radius 1 is 1.10 bits per heavy atom. The molecule has 1 aliphatic rings. The number of aryl methyl sites for hydroxylation is 1. The van der Waals surface area contributed by atoms with Gasteiger partial charge in [0, 0.05) is 43.4 Å². The van der Waals surface area contributed by atoms with Crippen LogP contribution < -0.4 is 14.8 Å². The summed E-state index contributed by atoms with van der Waals surface area (Å²) in [5.41, 5.74) is 3.00. The molecule has 6 nitrogen and oxygen atoms in total. The SMILES string of the molecule is CC(C)c1nccn1Cc1cccc(NC(=O)CCc2ccc3c(c2)OCCCO3)c1. The third-order valence-electron chi connectivity index (χ3n) is 5.28. The summed E-state index contributed by atoms with van der Waals surface area (Å²) in [6, 6.07) is 13.9. The second-order valence-corrected chi connectivity index (χ2v) is 8.15. The van der Waals surface area contributed by atoms with Gasteiger partial charge in [0.15, 0.2) is 11.5 Å². The number of fused-ring (bicyclic) bond motifs is 1. The number of anilines is 1. The molecule has 0 saturated carbocycles. The molecule has 0 aliphatic carbocycles. The maximum atomic E-state index is 12.5. The van der Waals surface area contributed by atoms with Gasteiger partial charge in [0.2, 0.25) is 5.91 Å². The van der Waals surface area contributed by atoms with E-state index in [-0.39, 0.29) is 5.91 Å². The molecule has 31 heavy (non-hydrogen) atoms. The summed E-state index contributed by atoms with van der Waals surface area (Å²) in [6.45, 7) is 6.34. The third-order valence-corrected chi connectivity index (χ3v) is 5.28. The molecule has 0 saturated heterocycles. The maximum absolute atomic E-state index is 12.5. The van der Waals surface area contributed by atoms with Crippen molar-refractivity contribution in [2.24, 2.45) is 0 Å². The minimum Gasteiger partial charge on any atom is -0.490 e. The number of rotatable bonds is 7. The van der Waals surface area contributed by atoms with Crippen LogP contribution in [0, 0.1) is 0 Å². The molecule has 0 spiro atoms. The van der Waals surface area contributed by atoms with Gasteiger partial charge in [-0.05, 0) is 41.8 Å². The first-order chi connectivity index (χ1) is 15.1. The van der Waals surface area contributed by atoms with Gasteiger partial charge in [-0.15, -0.1) is 0 Å². The summed E-state index contributed by atoms with van der Waals surface area (Å²) >= 11 is 0. The molecule has 0 bridgehead atoms. The summed E-state index contributed by atoms with van der Waals surface area (Å²) in [6.07, 6.45) is 5.76. The Labute approximate surface area is 183 Å². The Bertz CT molecular complexity index is 1040. The number of benzene rings is 2. The largest absolute Gasteiger partial charge is 0.490 e. The average Bonchev–Trinajstić information content (AvgIpc) is 3.09. The van der Waals surface area contributed by atoms with E-state index in [4.69, 9.17) is 9.47 Å². The summed E-state index contributed by atoms with van der Waals surface area (Å²) in [4.78, 5) is 17.0. The van der Waals surface area contributed by atoms with E-state index >= 15 is 0 Å². The normalized spacial score (nSPS) is 13.1. The minimum atomic E-state index is -0.00485. The van der Waals surface area contributed by atoms with Gasteiger partial charge in [-0.3, -0.25) is 4.79 Å². The van der Waals surface area contributed by atoms with Crippen molar-refractivity contribution in [1.82, 2.24) is 9.55 Å². The monoisotopic (exact) mass is 419 g/mol. The van der Waals surface area contributed by atoms with E-state index in [1.807, 2.05) is 48.8 Å². The van der Waals surface area contributed by atoms with Crippen molar-refractivity contribution in [3.8, 4) is 11.5 Å². The summed E-state index contributed by atoms with van der Waals surface area (Å²) in [7, 11) is 0. The third kappa shape index (κ3) is 5.45. The van der Waals surface area contributed by atoms with Crippen LogP contribution in [0.25, 0.3) is 0 Å². The Balaban J connectivity index is 1.34. The molecule has 4 rings (SSSR count). The van der Waals surface area contributed by atoms with Crippen LogP contribution in [-0.2, 0) is 17.8 Å². The molecule has 1 aliphatic heterocycles. The van der Waals surface area contributed by atoms with Gasteiger partial charge in [-0.2, -0.15) is 0 Å². The smallest absolute Gasteiger partial charge is 0.224 e. The highest BCUT2D eigenvalue weighted by atomic mass is 16.5. The van der Waals surface area contributed by atoms with E-state index < -0.39 is 0 Å². The predicted molar refractivity (Wildman–Crippen MR) is 121 cm³/mol. The number of carbonyl (C=O) groups is 1. The van der Waals surface area contributed by atoms with Crippen molar-refractivity contribution in [3.05, 3.63) is 71.8 Å². The van der Waals surface area contributed by atoms with E-state index in [1.54, 1.807) is 0 Å². The molecule has 1 N–H and O–H groups in total. The van der Waals surface area contributed by atoms with E-state index in [1.165, 1.54) is 0 Å². The number of amides is 1. The van der Waals surface area contributed by atoms with Crippen molar-refractivity contribution < 1.29 is 14.3 Å². The number of ether oxygens (including phenoxy) is 2. The van der Waals surface area contributed by atoms with Crippen molar-refractivity contribution >= 4 is 11.6 Å². The van der Waals surface area contributed by atoms with Crippen LogP contribution in [0.4, 0.5) is 5.69 Å². The van der Waals surface area contributed by atoms with Crippen molar-refractivity contribution in [2.45, 2.75) is 45.6 Å². The van der Waals surface area contributed by atoms with Crippen LogP contribution in [0.2, 0.25) is 0 Å². The van der Waals surface area contributed by atoms with Gasteiger partial charge in [0.05, 0.1) is 13.2 Å². The zero-order valence-corrected chi connectivity index (χ0v) is 18.1. The number of imidazole rings is 1. The van der Waals surface area contributed by atoms with Gasteiger partial charge < -0.3 is 19.4 Å². The first-order valence-corrected chi connectivity index (χ1v) is 10.9. The molecule has 0 atom stereocenters. The van der Waals surface area contributed by atoms with Crippen molar-refractivity contribution in [1.29, 1.82) is 0 Å². The number of hydrogen-bond donors (Lipinski definition) is 1. The lowest BCUT2D eigenvalue weighted by Gasteiger charge is -2.12.